The predicted molar refractivity (Wildman–Crippen MR) is 69.7 cm³/mol. The van der Waals surface area contributed by atoms with Crippen LogP contribution in [0, 0.1) is 11.6 Å². The first-order chi connectivity index (χ1) is 10.3. The fraction of sp³-hybridized carbons (Fsp3) is 0.200. The van der Waals surface area contributed by atoms with Crippen molar-refractivity contribution < 1.29 is 31.1 Å². The van der Waals surface area contributed by atoms with Crippen LogP contribution in [0.3, 0.4) is 0 Å². The Morgan fingerprint density at radius 1 is 0.955 bits per heavy atom. The van der Waals surface area contributed by atoms with E-state index in [0.29, 0.717) is 17.4 Å². The maximum Gasteiger partial charge on any atom is 0.573 e. The van der Waals surface area contributed by atoms with Crippen LogP contribution in [0.5, 0.6) is 5.75 Å². The third-order valence-electron chi connectivity index (χ3n) is 3.34. The van der Waals surface area contributed by atoms with Crippen LogP contribution in [0.15, 0.2) is 28.7 Å². The minimum Gasteiger partial charge on any atom is -0.450 e. The van der Waals surface area contributed by atoms with Crippen LogP contribution < -0.4 is 4.74 Å². The molecular formula is C15H9F5O2. The number of hydrogen-bond acceptors (Lipinski definition) is 2. The van der Waals surface area contributed by atoms with Crippen LogP contribution in [0.4, 0.5) is 22.0 Å². The van der Waals surface area contributed by atoms with Crippen molar-refractivity contribution in [3.63, 3.8) is 0 Å². The molecule has 0 saturated carbocycles. The molecule has 0 aliphatic heterocycles. The molecule has 0 saturated heterocycles. The lowest BCUT2D eigenvalue weighted by atomic mass is 10.1. The van der Waals surface area contributed by atoms with Gasteiger partial charge in [-0.3, -0.25) is 0 Å². The number of rotatable bonds is 2. The zero-order chi connectivity index (χ0) is 16.1. The molecule has 1 aromatic heterocycles. The zero-order valence-electron chi connectivity index (χ0n) is 11.2. The molecule has 0 bridgehead atoms. The molecular weight excluding hydrogens is 307 g/mol. The highest BCUT2D eigenvalue weighted by Gasteiger charge is 2.33. The van der Waals surface area contributed by atoms with Crippen molar-refractivity contribution in [3.05, 3.63) is 41.5 Å². The van der Waals surface area contributed by atoms with E-state index in [1.54, 1.807) is 13.0 Å². The maximum absolute atomic E-state index is 14.2. The smallest absolute Gasteiger partial charge is 0.450 e. The quantitative estimate of drug-likeness (QED) is 0.597. The van der Waals surface area contributed by atoms with E-state index in [2.05, 4.69) is 4.74 Å². The van der Waals surface area contributed by atoms with Crippen molar-refractivity contribution in [2.75, 3.05) is 0 Å². The fourth-order valence-electron chi connectivity index (χ4n) is 2.34. The normalized spacial score (nSPS) is 12.3. The van der Waals surface area contributed by atoms with Crippen LogP contribution in [0.2, 0.25) is 0 Å². The Morgan fingerprint density at radius 3 is 2.14 bits per heavy atom. The van der Waals surface area contributed by atoms with Crippen LogP contribution in [0.1, 0.15) is 12.5 Å². The van der Waals surface area contributed by atoms with Crippen molar-refractivity contribution in [2.24, 2.45) is 0 Å². The van der Waals surface area contributed by atoms with E-state index < -0.39 is 29.3 Å². The van der Waals surface area contributed by atoms with Gasteiger partial charge in [-0.2, -0.15) is 4.39 Å². The average Bonchev–Trinajstić information content (AvgIpc) is 2.82. The fourth-order valence-corrected chi connectivity index (χ4v) is 2.34. The Kier molecular flexibility index (Phi) is 3.23. The third kappa shape index (κ3) is 2.26. The highest BCUT2D eigenvalue weighted by Crippen LogP contribution is 2.37. The van der Waals surface area contributed by atoms with Crippen molar-refractivity contribution >= 4 is 21.9 Å². The number of aryl methyl sites for hydroxylation is 1. The van der Waals surface area contributed by atoms with Gasteiger partial charge in [-0.25, -0.2) is 4.39 Å². The van der Waals surface area contributed by atoms with E-state index in [0.717, 1.165) is 6.07 Å². The molecule has 0 N–H and O–H groups in total. The van der Waals surface area contributed by atoms with Gasteiger partial charge in [0.05, 0.1) is 0 Å². The predicted octanol–water partition coefficient (Wildman–Crippen LogP) is 5.33. The van der Waals surface area contributed by atoms with Gasteiger partial charge in [0.15, 0.2) is 22.7 Å². The summed E-state index contributed by atoms with van der Waals surface area (Å²) in [6, 6.07) is 5.12. The zero-order valence-corrected chi connectivity index (χ0v) is 11.2. The highest BCUT2D eigenvalue weighted by molar-refractivity contribution is 6.05. The lowest BCUT2D eigenvalue weighted by Gasteiger charge is -2.09. The Labute approximate surface area is 121 Å². The topological polar surface area (TPSA) is 22.4 Å². The lowest BCUT2D eigenvalue weighted by Crippen LogP contribution is -2.17. The molecule has 0 fully saturated rings. The molecule has 7 heteroatoms. The molecule has 0 aliphatic rings. The van der Waals surface area contributed by atoms with Crippen LogP contribution in [-0.4, -0.2) is 6.36 Å². The third-order valence-corrected chi connectivity index (χ3v) is 3.34. The van der Waals surface area contributed by atoms with E-state index in [1.165, 1.54) is 12.1 Å². The van der Waals surface area contributed by atoms with Crippen molar-refractivity contribution in [3.8, 4) is 5.75 Å². The van der Waals surface area contributed by atoms with Gasteiger partial charge in [0.1, 0.15) is 0 Å². The van der Waals surface area contributed by atoms with E-state index >= 15 is 0 Å². The SMILES string of the molecule is CCc1ccc2c(oc3c(F)c(OC(F)(F)F)ccc32)c1F. The summed E-state index contributed by atoms with van der Waals surface area (Å²) < 4.78 is 73.6. The van der Waals surface area contributed by atoms with Gasteiger partial charge in [0.25, 0.3) is 0 Å². The van der Waals surface area contributed by atoms with Gasteiger partial charge in [-0.05, 0) is 30.2 Å². The van der Waals surface area contributed by atoms with Gasteiger partial charge < -0.3 is 9.15 Å². The monoisotopic (exact) mass is 316 g/mol. The van der Waals surface area contributed by atoms with Crippen LogP contribution in [0.25, 0.3) is 21.9 Å². The molecule has 2 aromatic carbocycles. The van der Waals surface area contributed by atoms with Crippen molar-refractivity contribution in [2.45, 2.75) is 19.7 Å². The molecule has 22 heavy (non-hydrogen) atoms. The Morgan fingerprint density at radius 2 is 1.55 bits per heavy atom. The first-order valence-corrected chi connectivity index (χ1v) is 6.39. The Hall–Kier alpha value is -2.31. The van der Waals surface area contributed by atoms with Crippen LogP contribution in [-0.2, 0) is 6.42 Å². The molecule has 1 heterocycles. The second-order valence-corrected chi connectivity index (χ2v) is 4.67. The van der Waals surface area contributed by atoms with Crippen molar-refractivity contribution in [1.29, 1.82) is 0 Å². The van der Waals surface area contributed by atoms with E-state index in [4.69, 9.17) is 4.42 Å². The summed E-state index contributed by atoms with van der Waals surface area (Å²) in [5, 5.41) is 0.478. The van der Waals surface area contributed by atoms with E-state index in [1.807, 2.05) is 0 Å². The van der Waals surface area contributed by atoms with Gasteiger partial charge in [-0.1, -0.05) is 13.0 Å². The summed E-state index contributed by atoms with van der Waals surface area (Å²) in [5.41, 5.74) is -0.278. The van der Waals surface area contributed by atoms with Crippen LogP contribution >= 0.6 is 0 Å². The number of benzene rings is 2. The minimum absolute atomic E-state index is 0.183. The second kappa shape index (κ2) is 4.86. The minimum atomic E-state index is -5.03. The molecule has 116 valence electrons. The standard InChI is InChI=1S/C15H9F5O2/c1-2-7-3-4-8-9-5-6-10(22-15(18,19)20)12(17)14(9)21-13(8)11(7)16/h3-6H,2H2,1H3. The number of furan rings is 1. The van der Waals surface area contributed by atoms with Gasteiger partial charge in [-0.15, -0.1) is 13.2 Å². The Bertz CT molecular complexity index is 864. The highest BCUT2D eigenvalue weighted by atomic mass is 19.4. The Balaban J connectivity index is 2.27. The molecule has 0 aliphatic carbocycles. The van der Waals surface area contributed by atoms with Crippen molar-refractivity contribution in [1.82, 2.24) is 0 Å². The molecule has 3 aromatic rings. The lowest BCUT2D eigenvalue weighted by molar-refractivity contribution is -0.275. The number of hydrogen-bond donors (Lipinski definition) is 0. The van der Waals surface area contributed by atoms with E-state index in [9.17, 15) is 22.0 Å². The summed E-state index contributed by atoms with van der Waals surface area (Å²) in [5.74, 6) is -2.98. The summed E-state index contributed by atoms with van der Waals surface area (Å²) in [6.07, 6.45) is -4.62. The summed E-state index contributed by atoms with van der Waals surface area (Å²) >= 11 is 0. The molecule has 0 amide bonds. The number of fused-ring (bicyclic) bond motifs is 3. The second-order valence-electron chi connectivity index (χ2n) is 4.67. The van der Waals surface area contributed by atoms with Gasteiger partial charge in [0, 0.05) is 10.8 Å². The molecule has 0 atom stereocenters. The van der Waals surface area contributed by atoms with E-state index in [-0.39, 0.29) is 11.0 Å². The summed E-state index contributed by atoms with van der Waals surface area (Å²) in [4.78, 5) is 0. The first kappa shape index (κ1) is 14.6. The molecule has 2 nitrogen and oxygen atoms in total. The summed E-state index contributed by atoms with van der Waals surface area (Å²) in [6.45, 7) is 1.74. The molecule has 0 spiro atoms. The number of alkyl halides is 3. The molecule has 3 rings (SSSR count). The number of halogens is 5. The largest absolute Gasteiger partial charge is 0.573 e. The summed E-state index contributed by atoms with van der Waals surface area (Å²) in [7, 11) is 0. The number of ether oxygens (including phenoxy) is 1. The maximum atomic E-state index is 14.2. The van der Waals surface area contributed by atoms with Gasteiger partial charge >= 0.3 is 6.36 Å². The first-order valence-electron chi connectivity index (χ1n) is 6.39. The molecule has 0 radical (unpaired) electrons. The molecule has 0 unspecified atom stereocenters. The average molecular weight is 316 g/mol. The van der Waals surface area contributed by atoms with Gasteiger partial charge in [0.2, 0.25) is 5.82 Å².